The molecule has 70 valence electrons. The first-order valence-corrected chi connectivity index (χ1v) is 4.53. The van der Waals surface area contributed by atoms with Gasteiger partial charge in [0, 0.05) is 13.6 Å². The summed E-state index contributed by atoms with van der Waals surface area (Å²) in [7, 11) is 2.00. The van der Waals surface area contributed by atoms with Crippen LogP contribution in [0, 0.1) is 0 Å². The molecule has 3 N–H and O–H groups in total. The monoisotopic (exact) mass is 170 g/mol. The molecule has 0 radical (unpaired) electrons. The number of hydrogen-bond donors (Lipinski definition) is 2. The zero-order valence-electron chi connectivity index (χ0n) is 7.88. The second-order valence-electron chi connectivity index (χ2n) is 3.25. The van der Waals surface area contributed by atoms with Crippen LogP contribution in [0.3, 0.4) is 0 Å². The van der Waals surface area contributed by atoms with E-state index in [-0.39, 0.29) is 0 Å². The van der Waals surface area contributed by atoms with Crippen LogP contribution in [0.1, 0.15) is 26.2 Å². The number of nitrogens with one attached hydrogen (secondary N) is 1. The zero-order chi connectivity index (χ0) is 8.97. The zero-order valence-corrected chi connectivity index (χ0v) is 7.88. The normalized spacial score (nSPS) is 17.8. The predicted octanol–water partition coefficient (Wildman–Crippen LogP) is 0.310. The van der Waals surface area contributed by atoms with E-state index in [1.807, 2.05) is 7.05 Å². The minimum Gasteiger partial charge on any atom is -0.345 e. The fourth-order valence-electron chi connectivity index (χ4n) is 1.06. The molecular formula is C8H18N4. The van der Waals surface area contributed by atoms with Crippen LogP contribution < -0.4 is 11.3 Å². The van der Waals surface area contributed by atoms with Gasteiger partial charge in [-0.05, 0) is 19.3 Å². The Morgan fingerprint density at radius 3 is 2.75 bits per heavy atom. The highest BCUT2D eigenvalue weighted by Crippen LogP contribution is 2.23. The lowest BCUT2D eigenvalue weighted by Gasteiger charge is -2.19. The Morgan fingerprint density at radius 2 is 2.33 bits per heavy atom. The van der Waals surface area contributed by atoms with Gasteiger partial charge in [-0.25, -0.2) is 10.8 Å². The lowest BCUT2D eigenvalue weighted by Crippen LogP contribution is -2.43. The van der Waals surface area contributed by atoms with Crippen LogP contribution in [0.2, 0.25) is 0 Å². The maximum absolute atomic E-state index is 5.36. The predicted molar refractivity (Wildman–Crippen MR) is 50.7 cm³/mol. The van der Waals surface area contributed by atoms with Gasteiger partial charge in [-0.15, -0.1) is 0 Å². The van der Waals surface area contributed by atoms with Crippen molar-refractivity contribution >= 4 is 5.96 Å². The Balaban J connectivity index is 2.41. The summed E-state index contributed by atoms with van der Waals surface area (Å²) in [5.74, 6) is 6.18. The first kappa shape index (κ1) is 9.32. The van der Waals surface area contributed by atoms with Crippen molar-refractivity contribution in [2.75, 3.05) is 13.6 Å². The topological polar surface area (TPSA) is 53.6 Å². The highest BCUT2D eigenvalue weighted by molar-refractivity contribution is 5.79. The van der Waals surface area contributed by atoms with Crippen molar-refractivity contribution in [3.05, 3.63) is 0 Å². The van der Waals surface area contributed by atoms with Gasteiger partial charge in [-0.3, -0.25) is 5.43 Å². The highest BCUT2D eigenvalue weighted by atomic mass is 15.4. The largest absolute Gasteiger partial charge is 0.345 e. The molecule has 1 rings (SSSR count). The van der Waals surface area contributed by atoms with E-state index >= 15 is 0 Å². The smallest absolute Gasteiger partial charge is 0.208 e. The van der Waals surface area contributed by atoms with Gasteiger partial charge in [0.25, 0.3) is 0 Å². The van der Waals surface area contributed by atoms with Crippen molar-refractivity contribution in [3.63, 3.8) is 0 Å². The molecule has 0 bridgehead atoms. The van der Waals surface area contributed by atoms with Crippen molar-refractivity contribution in [3.8, 4) is 0 Å². The standard InChI is InChI=1S/C8H18N4/c1-3-6-12(2)8(11-9)10-7-4-5-7/h7H,3-6,9H2,1-2H3,(H,10,11). The molecule has 1 aliphatic carbocycles. The summed E-state index contributed by atoms with van der Waals surface area (Å²) < 4.78 is 0. The molecule has 0 saturated heterocycles. The molecule has 0 unspecified atom stereocenters. The summed E-state index contributed by atoms with van der Waals surface area (Å²) in [6, 6.07) is 0.523. The van der Waals surface area contributed by atoms with E-state index < -0.39 is 0 Å². The van der Waals surface area contributed by atoms with E-state index in [0.29, 0.717) is 6.04 Å². The van der Waals surface area contributed by atoms with E-state index in [9.17, 15) is 0 Å². The third-order valence-corrected chi connectivity index (χ3v) is 1.90. The first-order chi connectivity index (χ1) is 5.77. The van der Waals surface area contributed by atoms with Crippen molar-refractivity contribution in [2.45, 2.75) is 32.2 Å². The fourth-order valence-corrected chi connectivity index (χ4v) is 1.06. The van der Waals surface area contributed by atoms with Crippen LogP contribution in [0.4, 0.5) is 0 Å². The van der Waals surface area contributed by atoms with E-state index in [2.05, 4.69) is 22.2 Å². The quantitative estimate of drug-likeness (QED) is 0.277. The minimum atomic E-state index is 0.523. The number of hydrogen-bond acceptors (Lipinski definition) is 2. The van der Waals surface area contributed by atoms with E-state index in [0.717, 1.165) is 18.9 Å². The van der Waals surface area contributed by atoms with Gasteiger partial charge in [0.1, 0.15) is 0 Å². The van der Waals surface area contributed by atoms with Gasteiger partial charge < -0.3 is 4.90 Å². The Morgan fingerprint density at radius 1 is 1.67 bits per heavy atom. The van der Waals surface area contributed by atoms with Gasteiger partial charge in [-0.2, -0.15) is 0 Å². The van der Waals surface area contributed by atoms with Crippen molar-refractivity contribution in [1.82, 2.24) is 10.3 Å². The Kier molecular flexibility index (Phi) is 3.34. The minimum absolute atomic E-state index is 0.523. The van der Waals surface area contributed by atoms with Crippen LogP contribution in [-0.2, 0) is 0 Å². The number of rotatable bonds is 3. The molecule has 0 aromatic heterocycles. The molecule has 0 aromatic carbocycles. The number of guanidine groups is 1. The van der Waals surface area contributed by atoms with Gasteiger partial charge >= 0.3 is 0 Å². The molecular weight excluding hydrogens is 152 g/mol. The fraction of sp³-hybridized carbons (Fsp3) is 0.875. The molecule has 4 nitrogen and oxygen atoms in total. The lowest BCUT2D eigenvalue weighted by molar-refractivity contribution is 0.478. The average Bonchev–Trinajstić information content (AvgIpc) is 2.84. The summed E-state index contributed by atoms with van der Waals surface area (Å²) in [5.41, 5.74) is 2.63. The van der Waals surface area contributed by atoms with Gasteiger partial charge in [0.05, 0.1) is 6.04 Å². The molecule has 1 saturated carbocycles. The van der Waals surface area contributed by atoms with Crippen LogP contribution in [0.15, 0.2) is 4.99 Å². The molecule has 12 heavy (non-hydrogen) atoms. The number of nitrogens with two attached hydrogens (primary N) is 1. The van der Waals surface area contributed by atoms with Crippen LogP contribution in [-0.4, -0.2) is 30.5 Å². The second-order valence-corrected chi connectivity index (χ2v) is 3.25. The summed E-state index contributed by atoms with van der Waals surface area (Å²) in [6.07, 6.45) is 3.54. The number of nitrogens with zero attached hydrogens (tertiary/aromatic N) is 2. The Labute approximate surface area is 73.8 Å². The van der Waals surface area contributed by atoms with Crippen molar-refractivity contribution in [1.29, 1.82) is 0 Å². The van der Waals surface area contributed by atoms with Gasteiger partial charge in [0.2, 0.25) is 5.96 Å². The molecule has 0 spiro atoms. The highest BCUT2D eigenvalue weighted by Gasteiger charge is 2.21. The molecule has 4 heteroatoms. The van der Waals surface area contributed by atoms with Crippen molar-refractivity contribution < 1.29 is 0 Å². The van der Waals surface area contributed by atoms with E-state index in [4.69, 9.17) is 5.84 Å². The molecule has 1 aliphatic rings. The average molecular weight is 170 g/mol. The third kappa shape index (κ3) is 2.70. The summed E-state index contributed by atoms with van der Waals surface area (Å²) >= 11 is 0. The van der Waals surface area contributed by atoms with E-state index in [1.165, 1.54) is 12.8 Å². The maximum Gasteiger partial charge on any atom is 0.208 e. The summed E-state index contributed by atoms with van der Waals surface area (Å²) in [5, 5.41) is 0. The molecule has 1 fully saturated rings. The molecule has 0 aromatic rings. The molecule has 0 heterocycles. The van der Waals surface area contributed by atoms with Gasteiger partial charge in [0.15, 0.2) is 0 Å². The maximum atomic E-state index is 5.36. The number of aliphatic imine (C=N–C) groups is 1. The molecule has 0 amide bonds. The van der Waals surface area contributed by atoms with E-state index in [1.54, 1.807) is 0 Å². The van der Waals surface area contributed by atoms with Crippen LogP contribution in [0.5, 0.6) is 0 Å². The van der Waals surface area contributed by atoms with Crippen LogP contribution >= 0.6 is 0 Å². The third-order valence-electron chi connectivity index (χ3n) is 1.90. The molecule has 0 aliphatic heterocycles. The Bertz CT molecular complexity index is 162. The second kappa shape index (κ2) is 4.30. The SMILES string of the molecule is CCCN(C)C(=NC1CC1)NN. The summed E-state index contributed by atoms with van der Waals surface area (Å²) in [4.78, 5) is 6.49. The number of hydrazine groups is 1. The van der Waals surface area contributed by atoms with Crippen molar-refractivity contribution in [2.24, 2.45) is 10.8 Å². The van der Waals surface area contributed by atoms with Gasteiger partial charge in [-0.1, -0.05) is 6.92 Å². The lowest BCUT2D eigenvalue weighted by atomic mass is 10.4. The summed E-state index contributed by atoms with van der Waals surface area (Å²) in [6.45, 7) is 3.14. The Hall–Kier alpha value is -0.770. The first-order valence-electron chi connectivity index (χ1n) is 4.53. The molecule has 0 atom stereocenters. The van der Waals surface area contributed by atoms with Crippen LogP contribution in [0.25, 0.3) is 0 Å².